The Morgan fingerprint density at radius 2 is 1.81 bits per heavy atom. The van der Waals surface area contributed by atoms with E-state index in [1.807, 2.05) is 38.1 Å². The molecule has 2 aliphatic heterocycles. The number of hydrogen-bond acceptors (Lipinski definition) is 7. The van der Waals surface area contributed by atoms with Crippen LogP contribution in [-0.2, 0) is 14.3 Å². The Kier molecular flexibility index (Phi) is 7.96. The minimum Gasteiger partial charge on any atom is -0.507 e. The molecular weight excluding hydrogens is 460 g/mol. The second-order valence-corrected chi connectivity index (χ2v) is 9.20. The lowest BCUT2D eigenvalue weighted by molar-refractivity contribution is -0.140. The van der Waals surface area contributed by atoms with E-state index in [4.69, 9.17) is 14.2 Å². The highest BCUT2D eigenvalue weighted by molar-refractivity contribution is 6.46. The Hall–Kier alpha value is -3.36. The maximum atomic E-state index is 13.4. The fraction of sp³-hybridized carbons (Fsp3) is 0.429. The zero-order valence-electron chi connectivity index (χ0n) is 21.4. The molecule has 2 aromatic rings. The number of carbonyl (C=O) groups is 2. The van der Waals surface area contributed by atoms with E-state index in [0.717, 1.165) is 30.8 Å². The van der Waals surface area contributed by atoms with Crippen LogP contribution in [0.4, 0.5) is 0 Å². The number of benzene rings is 2. The Morgan fingerprint density at radius 3 is 2.50 bits per heavy atom. The molecule has 1 N–H and O–H groups in total. The van der Waals surface area contributed by atoms with Crippen molar-refractivity contribution in [2.45, 2.75) is 26.3 Å². The van der Waals surface area contributed by atoms with E-state index in [-0.39, 0.29) is 11.3 Å². The second-order valence-electron chi connectivity index (χ2n) is 9.20. The molecule has 1 unspecified atom stereocenters. The fourth-order valence-electron chi connectivity index (χ4n) is 4.99. The van der Waals surface area contributed by atoms with Gasteiger partial charge in [-0.25, -0.2) is 0 Å². The van der Waals surface area contributed by atoms with Crippen LogP contribution in [0.15, 0.2) is 42.0 Å². The predicted octanol–water partition coefficient (Wildman–Crippen LogP) is 3.46. The maximum absolute atomic E-state index is 13.4. The minimum absolute atomic E-state index is 0.0617. The van der Waals surface area contributed by atoms with E-state index in [1.54, 1.807) is 17.0 Å². The third-order valence-electron chi connectivity index (χ3n) is 6.89. The van der Waals surface area contributed by atoms with Crippen molar-refractivity contribution in [3.05, 3.63) is 64.2 Å². The average Bonchev–Trinajstić information content (AvgIpc) is 3.14. The standard InChI is InChI=1S/C28H34N2O6/c1-18-9-10-19(2)21(17-18)25(31)23-24(20-7-5-8-22(34-3)27(20)35-4)30(28(33)26(23)32)12-6-11-29-13-15-36-16-14-29/h5,7-10,17,24,31H,6,11-16H2,1-4H3. The Bertz CT molecular complexity index is 1170. The van der Waals surface area contributed by atoms with Gasteiger partial charge in [-0.3, -0.25) is 14.5 Å². The number of rotatable bonds is 8. The number of aliphatic hydroxyl groups is 1. The summed E-state index contributed by atoms with van der Waals surface area (Å²) in [5.74, 6) is -0.592. The molecule has 2 aliphatic rings. The van der Waals surface area contributed by atoms with Gasteiger partial charge in [0.1, 0.15) is 5.76 Å². The van der Waals surface area contributed by atoms with Gasteiger partial charge in [-0.15, -0.1) is 0 Å². The molecule has 0 radical (unpaired) electrons. The van der Waals surface area contributed by atoms with Crippen LogP contribution in [0.5, 0.6) is 11.5 Å². The van der Waals surface area contributed by atoms with Crippen LogP contribution in [0, 0.1) is 13.8 Å². The average molecular weight is 495 g/mol. The van der Waals surface area contributed by atoms with Crippen molar-refractivity contribution in [1.82, 2.24) is 9.80 Å². The topological polar surface area (TPSA) is 88.5 Å². The molecule has 0 spiro atoms. The molecule has 192 valence electrons. The van der Waals surface area contributed by atoms with Gasteiger partial charge in [0.2, 0.25) is 0 Å². The molecular formula is C28H34N2O6. The van der Waals surface area contributed by atoms with Gasteiger partial charge in [-0.1, -0.05) is 29.8 Å². The highest BCUT2D eigenvalue weighted by Gasteiger charge is 2.47. The third kappa shape index (κ3) is 4.96. The number of nitrogens with zero attached hydrogens (tertiary/aromatic N) is 2. The highest BCUT2D eigenvalue weighted by Crippen LogP contribution is 2.45. The van der Waals surface area contributed by atoms with Crippen LogP contribution in [0.2, 0.25) is 0 Å². The summed E-state index contributed by atoms with van der Waals surface area (Å²) in [7, 11) is 3.06. The number of morpholine rings is 1. The number of carbonyl (C=O) groups excluding carboxylic acids is 2. The first-order valence-electron chi connectivity index (χ1n) is 12.2. The van der Waals surface area contributed by atoms with Crippen molar-refractivity contribution in [3.8, 4) is 11.5 Å². The monoisotopic (exact) mass is 494 g/mol. The molecule has 8 heteroatoms. The van der Waals surface area contributed by atoms with E-state index >= 15 is 0 Å². The van der Waals surface area contributed by atoms with E-state index in [0.29, 0.717) is 48.8 Å². The van der Waals surface area contributed by atoms with Crippen molar-refractivity contribution >= 4 is 17.4 Å². The highest BCUT2D eigenvalue weighted by atomic mass is 16.5. The zero-order chi connectivity index (χ0) is 25.8. The smallest absolute Gasteiger partial charge is 0.295 e. The summed E-state index contributed by atoms with van der Waals surface area (Å²) in [5.41, 5.74) is 2.94. The summed E-state index contributed by atoms with van der Waals surface area (Å²) in [4.78, 5) is 30.6. The number of Topliss-reactive ketones (excluding diaryl/α,β-unsaturated/α-hetero) is 1. The lowest BCUT2D eigenvalue weighted by Gasteiger charge is -2.30. The first-order chi connectivity index (χ1) is 17.4. The summed E-state index contributed by atoms with van der Waals surface area (Å²) < 4.78 is 16.6. The fourth-order valence-corrected chi connectivity index (χ4v) is 4.99. The number of hydrogen-bond donors (Lipinski definition) is 1. The number of ether oxygens (including phenoxy) is 3. The molecule has 2 saturated heterocycles. The summed E-state index contributed by atoms with van der Waals surface area (Å²) >= 11 is 0. The van der Waals surface area contributed by atoms with Crippen LogP contribution >= 0.6 is 0 Å². The predicted molar refractivity (Wildman–Crippen MR) is 136 cm³/mol. The number of aryl methyl sites for hydroxylation is 2. The van der Waals surface area contributed by atoms with Gasteiger partial charge in [-0.2, -0.15) is 0 Å². The van der Waals surface area contributed by atoms with Crippen LogP contribution in [0.1, 0.15) is 34.7 Å². The maximum Gasteiger partial charge on any atom is 0.295 e. The van der Waals surface area contributed by atoms with E-state index in [2.05, 4.69) is 4.90 Å². The lowest BCUT2D eigenvalue weighted by atomic mass is 9.92. The summed E-state index contributed by atoms with van der Waals surface area (Å²) in [6.45, 7) is 8.01. The number of ketones is 1. The minimum atomic E-state index is -0.806. The second kappa shape index (κ2) is 11.1. The number of amides is 1. The summed E-state index contributed by atoms with van der Waals surface area (Å²) in [5, 5.41) is 11.5. The molecule has 1 atom stereocenters. The normalized spacial score (nSPS) is 20.1. The van der Waals surface area contributed by atoms with Gasteiger partial charge >= 0.3 is 0 Å². The van der Waals surface area contributed by atoms with Gasteiger partial charge in [0.05, 0.1) is 39.0 Å². The van der Waals surface area contributed by atoms with Gasteiger partial charge in [0, 0.05) is 37.3 Å². The molecule has 0 aromatic heterocycles. The first kappa shape index (κ1) is 25.7. The Morgan fingerprint density at radius 1 is 1.06 bits per heavy atom. The molecule has 0 bridgehead atoms. The lowest BCUT2D eigenvalue weighted by Crippen LogP contribution is -2.39. The summed E-state index contributed by atoms with van der Waals surface area (Å²) in [6, 6.07) is 10.2. The SMILES string of the molecule is COc1cccc(C2C(=C(O)c3cc(C)ccc3C)C(=O)C(=O)N2CCCN2CCOCC2)c1OC. The van der Waals surface area contributed by atoms with Crippen LogP contribution in [0.25, 0.3) is 5.76 Å². The van der Waals surface area contributed by atoms with Crippen LogP contribution in [-0.4, -0.2) is 80.2 Å². The van der Waals surface area contributed by atoms with E-state index in [9.17, 15) is 14.7 Å². The Labute approximate surface area is 212 Å². The summed E-state index contributed by atoms with van der Waals surface area (Å²) in [6.07, 6.45) is 0.680. The Balaban J connectivity index is 1.79. The van der Waals surface area contributed by atoms with Crippen molar-refractivity contribution in [1.29, 1.82) is 0 Å². The van der Waals surface area contributed by atoms with Gasteiger partial charge in [-0.05, 0) is 38.0 Å². The molecule has 1 amide bonds. The van der Waals surface area contributed by atoms with Gasteiger partial charge in [0.25, 0.3) is 11.7 Å². The van der Waals surface area contributed by atoms with Gasteiger partial charge in [0.15, 0.2) is 11.5 Å². The molecule has 2 fully saturated rings. The van der Waals surface area contributed by atoms with Gasteiger partial charge < -0.3 is 24.2 Å². The molecule has 0 aliphatic carbocycles. The molecule has 0 saturated carbocycles. The first-order valence-corrected chi connectivity index (χ1v) is 12.2. The number of para-hydroxylation sites is 1. The quantitative estimate of drug-likeness (QED) is 0.342. The largest absolute Gasteiger partial charge is 0.507 e. The van der Waals surface area contributed by atoms with Crippen molar-refractivity contribution in [2.75, 3.05) is 53.6 Å². The molecule has 2 aromatic carbocycles. The van der Waals surface area contributed by atoms with Crippen molar-refractivity contribution < 1.29 is 28.9 Å². The number of aliphatic hydroxyl groups excluding tert-OH is 1. The number of likely N-dealkylation sites (tertiary alicyclic amines) is 1. The molecule has 2 heterocycles. The van der Waals surface area contributed by atoms with Crippen molar-refractivity contribution in [3.63, 3.8) is 0 Å². The molecule has 4 rings (SSSR count). The van der Waals surface area contributed by atoms with Crippen LogP contribution < -0.4 is 9.47 Å². The number of methoxy groups -OCH3 is 2. The van der Waals surface area contributed by atoms with E-state index < -0.39 is 17.7 Å². The molecule has 8 nitrogen and oxygen atoms in total. The van der Waals surface area contributed by atoms with E-state index in [1.165, 1.54) is 14.2 Å². The zero-order valence-corrected chi connectivity index (χ0v) is 21.4. The molecule has 36 heavy (non-hydrogen) atoms. The third-order valence-corrected chi connectivity index (χ3v) is 6.89. The van der Waals surface area contributed by atoms with Crippen LogP contribution in [0.3, 0.4) is 0 Å². The van der Waals surface area contributed by atoms with Crippen molar-refractivity contribution in [2.24, 2.45) is 0 Å².